The first-order valence-corrected chi connectivity index (χ1v) is 8.87. The van der Waals surface area contributed by atoms with Crippen LogP contribution in [0.2, 0.25) is 0 Å². The van der Waals surface area contributed by atoms with Gasteiger partial charge in [-0.1, -0.05) is 13.8 Å². The largest absolute Gasteiger partial charge is 0.378 e. The average molecular weight is 413 g/mol. The lowest BCUT2D eigenvalue weighted by molar-refractivity contribution is -0.170. The highest BCUT2D eigenvalue weighted by Crippen LogP contribution is 2.49. The van der Waals surface area contributed by atoms with Gasteiger partial charge in [-0.3, -0.25) is 9.59 Å². The zero-order valence-electron chi connectivity index (χ0n) is 16.2. The van der Waals surface area contributed by atoms with Crippen LogP contribution in [0, 0.1) is 5.41 Å². The third-order valence-electron chi connectivity index (χ3n) is 5.72. The van der Waals surface area contributed by atoms with E-state index in [-0.39, 0.29) is 42.7 Å². The lowest BCUT2D eigenvalue weighted by atomic mass is 9.54. The molecule has 2 aliphatic rings. The summed E-state index contributed by atoms with van der Waals surface area (Å²) in [6, 6.07) is 0. The van der Waals surface area contributed by atoms with Crippen molar-refractivity contribution in [1.82, 2.24) is 15.1 Å². The Hall–Kier alpha value is -0.600. The van der Waals surface area contributed by atoms with Crippen molar-refractivity contribution in [2.75, 3.05) is 46.4 Å². The Labute approximate surface area is 169 Å². The fraction of sp³-hybridized carbons (Fsp3) is 0.882. The molecule has 1 saturated heterocycles. The quantitative estimate of drug-likeness (QED) is 0.668. The summed E-state index contributed by atoms with van der Waals surface area (Å²) in [6.07, 6.45) is 0.845. The summed E-state index contributed by atoms with van der Waals surface area (Å²) < 4.78 is 5.64. The van der Waals surface area contributed by atoms with Gasteiger partial charge in [-0.05, 0) is 14.0 Å². The first kappa shape index (κ1) is 25.4. The molecule has 9 heteroatoms. The maximum atomic E-state index is 12.5. The fourth-order valence-electron chi connectivity index (χ4n) is 3.48. The van der Waals surface area contributed by atoms with Gasteiger partial charge in [0.05, 0.1) is 6.10 Å². The molecule has 3 N–H and O–H groups in total. The number of halogens is 2. The topological polar surface area (TPSA) is 87.9 Å². The van der Waals surface area contributed by atoms with Crippen molar-refractivity contribution >= 4 is 36.6 Å². The summed E-state index contributed by atoms with van der Waals surface area (Å²) in [7, 11) is 2.05. The molecule has 2 unspecified atom stereocenters. The lowest BCUT2D eigenvalue weighted by Gasteiger charge is -2.57. The van der Waals surface area contributed by atoms with Gasteiger partial charge in [0, 0.05) is 57.6 Å². The summed E-state index contributed by atoms with van der Waals surface area (Å²) in [4.78, 5) is 28.7. The van der Waals surface area contributed by atoms with Crippen molar-refractivity contribution < 1.29 is 14.3 Å². The van der Waals surface area contributed by atoms with Gasteiger partial charge < -0.3 is 25.6 Å². The van der Waals surface area contributed by atoms with Crippen LogP contribution in [0.3, 0.4) is 0 Å². The monoisotopic (exact) mass is 412 g/mol. The Morgan fingerprint density at radius 2 is 1.77 bits per heavy atom. The molecule has 26 heavy (non-hydrogen) atoms. The summed E-state index contributed by atoms with van der Waals surface area (Å²) >= 11 is 0. The van der Waals surface area contributed by atoms with E-state index in [1.54, 1.807) is 0 Å². The van der Waals surface area contributed by atoms with Crippen LogP contribution in [-0.2, 0) is 14.3 Å². The van der Waals surface area contributed by atoms with E-state index >= 15 is 0 Å². The van der Waals surface area contributed by atoms with E-state index < -0.39 is 11.0 Å². The standard InChI is InChI=1S/C17H32N4O3.2ClH/c1-5-24-13-12-17(18,16(13,2)3)15(23)19-7-6-14(22)21-10-8-20(4)9-11-21;;/h13H,5-12,18H2,1-4H3,(H,19,23);2*1H. The third-order valence-corrected chi connectivity index (χ3v) is 5.72. The number of hydrogen-bond donors (Lipinski definition) is 2. The molecule has 0 aromatic rings. The van der Waals surface area contributed by atoms with E-state index in [4.69, 9.17) is 10.5 Å². The maximum absolute atomic E-state index is 12.5. The molecular formula is C17H34Cl2N4O3. The van der Waals surface area contributed by atoms with Gasteiger partial charge in [0.1, 0.15) is 5.54 Å². The number of carbonyl (C=O) groups excluding carboxylic acids is 2. The first-order valence-electron chi connectivity index (χ1n) is 8.87. The van der Waals surface area contributed by atoms with Crippen molar-refractivity contribution in [1.29, 1.82) is 0 Å². The van der Waals surface area contributed by atoms with Crippen LogP contribution >= 0.6 is 24.8 Å². The zero-order valence-corrected chi connectivity index (χ0v) is 17.9. The van der Waals surface area contributed by atoms with E-state index in [0.29, 0.717) is 26.0 Å². The Kier molecular flexibility index (Phi) is 9.85. The molecule has 0 bridgehead atoms. The Balaban J connectivity index is 0.00000312. The summed E-state index contributed by atoms with van der Waals surface area (Å²) in [5.74, 6) is -0.0934. The Morgan fingerprint density at radius 3 is 2.27 bits per heavy atom. The number of ether oxygens (including phenoxy) is 1. The lowest BCUT2D eigenvalue weighted by Crippen LogP contribution is -2.75. The van der Waals surface area contributed by atoms with Gasteiger partial charge in [0.15, 0.2) is 0 Å². The molecule has 0 radical (unpaired) electrons. The number of nitrogens with one attached hydrogen (secondary N) is 1. The highest BCUT2D eigenvalue weighted by Gasteiger charge is 2.62. The molecule has 7 nitrogen and oxygen atoms in total. The van der Waals surface area contributed by atoms with Crippen molar-refractivity contribution in [3.05, 3.63) is 0 Å². The summed E-state index contributed by atoms with van der Waals surface area (Å²) in [5, 5.41) is 2.84. The minimum Gasteiger partial charge on any atom is -0.378 e. The minimum absolute atomic E-state index is 0. The number of nitrogens with zero attached hydrogens (tertiary/aromatic N) is 2. The fourth-order valence-corrected chi connectivity index (χ4v) is 3.48. The van der Waals surface area contributed by atoms with Gasteiger partial charge in [-0.25, -0.2) is 0 Å². The van der Waals surface area contributed by atoms with Crippen LogP contribution in [-0.4, -0.2) is 79.6 Å². The van der Waals surface area contributed by atoms with Gasteiger partial charge in [0.2, 0.25) is 11.8 Å². The molecule has 1 aliphatic heterocycles. The van der Waals surface area contributed by atoms with Gasteiger partial charge in [-0.2, -0.15) is 0 Å². The second kappa shape index (κ2) is 10.1. The van der Waals surface area contributed by atoms with Crippen LogP contribution in [0.1, 0.15) is 33.6 Å². The van der Waals surface area contributed by atoms with Crippen molar-refractivity contribution in [2.45, 2.75) is 45.3 Å². The molecule has 2 rings (SSSR count). The molecule has 2 fully saturated rings. The van der Waals surface area contributed by atoms with E-state index in [1.165, 1.54) is 0 Å². The molecule has 0 aromatic heterocycles. The Morgan fingerprint density at radius 1 is 1.19 bits per heavy atom. The van der Waals surface area contributed by atoms with Crippen molar-refractivity contribution in [3.8, 4) is 0 Å². The molecule has 1 saturated carbocycles. The normalized spacial score (nSPS) is 27.6. The molecule has 2 amide bonds. The number of amides is 2. The summed E-state index contributed by atoms with van der Waals surface area (Å²) in [5.41, 5.74) is 4.99. The van der Waals surface area contributed by atoms with Gasteiger partial charge in [0.25, 0.3) is 0 Å². The number of likely N-dealkylation sites (N-methyl/N-ethyl adjacent to an activating group) is 1. The molecule has 1 heterocycles. The molecule has 154 valence electrons. The number of piperazine rings is 1. The highest BCUT2D eigenvalue weighted by molar-refractivity contribution is 5.89. The van der Waals surface area contributed by atoms with E-state index in [2.05, 4.69) is 17.3 Å². The SMILES string of the molecule is CCOC1CC(N)(C(=O)NCCC(=O)N2CCN(C)CC2)C1(C)C.Cl.Cl. The number of rotatable bonds is 6. The second-order valence-electron chi connectivity index (χ2n) is 7.53. The summed E-state index contributed by atoms with van der Waals surface area (Å²) in [6.45, 7) is 10.1. The number of carbonyl (C=O) groups is 2. The number of nitrogens with two attached hydrogens (primary N) is 1. The van der Waals surface area contributed by atoms with E-state index in [9.17, 15) is 9.59 Å². The maximum Gasteiger partial charge on any atom is 0.240 e. The van der Waals surface area contributed by atoms with Crippen molar-refractivity contribution in [3.63, 3.8) is 0 Å². The van der Waals surface area contributed by atoms with Crippen LogP contribution in [0.5, 0.6) is 0 Å². The zero-order chi connectivity index (χ0) is 18.0. The minimum atomic E-state index is -0.927. The predicted molar refractivity (Wildman–Crippen MR) is 107 cm³/mol. The first-order chi connectivity index (χ1) is 11.2. The predicted octanol–water partition coefficient (Wildman–Crippen LogP) is 0.643. The third kappa shape index (κ3) is 5.01. The highest BCUT2D eigenvalue weighted by atomic mass is 35.5. The number of hydrogen-bond acceptors (Lipinski definition) is 5. The van der Waals surface area contributed by atoms with Gasteiger partial charge >= 0.3 is 0 Å². The smallest absolute Gasteiger partial charge is 0.240 e. The van der Waals surface area contributed by atoms with E-state index in [1.807, 2.05) is 25.7 Å². The Bertz CT molecular complexity index is 485. The average Bonchev–Trinajstić information content (AvgIpc) is 2.54. The van der Waals surface area contributed by atoms with Crippen LogP contribution < -0.4 is 11.1 Å². The molecule has 2 atom stereocenters. The van der Waals surface area contributed by atoms with Crippen molar-refractivity contribution in [2.24, 2.45) is 11.1 Å². The van der Waals surface area contributed by atoms with Crippen LogP contribution in [0.25, 0.3) is 0 Å². The molecule has 1 aliphatic carbocycles. The van der Waals surface area contributed by atoms with Gasteiger partial charge in [-0.15, -0.1) is 24.8 Å². The second-order valence-corrected chi connectivity index (χ2v) is 7.53. The van der Waals surface area contributed by atoms with Crippen LogP contribution in [0.4, 0.5) is 0 Å². The molecular weight excluding hydrogens is 379 g/mol. The molecule has 0 spiro atoms. The molecule has 0 aromatic carbocycles. The van der Waals surface area contributed by atoms with E-state index in [0.717, 1.165) is 26.2 Å². The van der Waals surface area contributed by atoms with Crippen LogP contribution in [0.15, 0.2) is 0 Å².